The highest BCUT2D eigenvalue weighted by molar-refractivity contribution is 5.79. The van der Waals surface area contributed by atoms with E-state index in [-0.39, 0.29) is 5.92 Å². The molecule has 2 saturated heterocycles. The summed E-state index contributed by atoms with van der Waals surface area (Å²) in [6, 6.07) is 0. The van der Waals surface area contributed by atoms with Gasteiger partial charge in [-0.2, -0.15) is 0 Å². The van der Waals surface area contributed by atoms with Crippen LogP contribution in [0, 0.1) is 17.3 Å². The molecule has 2 rings (SSSR count). The second-order valence-corrected chi connectivity index (χ2v) is 6.99. The number of piperidine rings is 2. The minimum atomic E-state index is 0.289. The molecule has 0 spiro atoms. The van der Waals surface area contributed by atoms with E-state index >= 15 is 0 Å². The van der Waals surface area contributed by atoms with Crippen LogP contribution in [0.5, 0.6) is 0 Å². The first-order valence-electron chi connectivity index (χ1n) is 7.48. The zero-order valence-electron chi connectivity index (χ0n) is 12.2. The molecule has 1 N–H and O–H groups in total. The zero-order chi connectivity index (χ0) is 13.2. The molecule has 2 fully saturated rings. The third-order valence-corrected chi connectivity index (χ3v) is 4.72. The van der Waals surface area contributed by atoms with Crippen molar-refractivity contribution in [2.75, 3.05) is 26.2 Å². The van der Waals surface area contributed by atoms with E-state index in [1.807, 2.05) is 0 Å². The third-order valence-electron chi connectivity index (χ3n) is 4.72. The van der Waals surface area contributed by atoms with E-state index in [9.17, 15) is 4.79 Å². The van der Waals surface area contributed by atoms with Crippen LogP contribution in [0.15, 0.2) is 0 Å². The molecule has 0 atom stereocenters. The molecular weight excluding hydrogens is 224 g/mol. The summed E-state index contributed by atoms with van der Waals surface area (Å²) in [5, 5.41) is 3.33. The Morgan fingerprint density at radius 1 is 1.06 bits per heavy atom. The van der Waals surface area contributed by atoms with Crippen molar-refractivity contribution in [3.05, 3.63) is 0 Å². The van der Waals surface area contributed by atoms with E-state index in [1.165, 1.54) is 12.8 Å². The fourth-order valence-corrected chi connectivity index (χ4v) is 3.29. The maximum absolute atomic E-state index is 12.4. The van der Waals surface area contributed by atoms with Crippen molar-refractivity contribution < 1.29 is 4.79 Å². The highest BCUT2D eigenvalue weighted by Gasteiger charge is 2.32. The van der Waals surface area contributed by atoms with Gasteiger partial charge < -0.3 is 10.2 Å². The molecular formula is C15H28N2O. The van der Waals surface area contributed by atoms with Gasteiger partial charge in [-0.05, 0) is 50.1 Å². The zero-order valence-corrected chi connectivity index (χ0v) is 12.2. The first-order valence-corrected chi connectivity index (χ1v) is 7.48. The number of carbonyl (C=O) groups is 1. The topological polar surface area (TPSA) is 32.3 Å². The number of nitrogens with zero attached hydrogens (tertiary/aromatic N) is 1. The number of carbonyl (C=O) groups excluding carboxylic acids is 1. The van der Waals surface area contributed by atoms with E-state index in [4.69, 9.17) is 0 Å². The number of hydrogen-bond acceptors (Lipinski definition) is 2. The summed E-state index contributed by atoms with van der Waals surface area (Å²) in [7, 11) is 0. The maximum Gasteiger partial charge on any atom is 0.225 e. The quantitative estimate of drug-likeness (QED) is 0.776. The highest BCUT2D eigenvalue weighted by Crippen LogP contribution is 2.34. The lowest BCUT2D eigenvalue weighted by Crippen LogP contribution is -2.46. The number of likely N-dealkylation sites (tertiary alicyclic amines) is 1. The van der Waals surface area contributed by atoms with E-state index in [0.29, 0.717) is 11.3 Å². The summed E-state index contributed by atoms with van der Waals surface area (Å²) in [5.74, 6) is 1.48. The fourth-order valence-electron chi connectivity index (χ4n) is 3.29. The normalized spacial score (nSPS) is 24.3. The van der Waals surface area contributed by atoms with Gasteiger partial charge in [-0.25, -0.2) is 0 Å². The minimum absolute atomic E-state index is 0.289. The molecule has 104 valence electrons. The Balaban J connectivity index is 1.83. The van der Waals surface area contributed by atoms with Crippen LogP contribution in [0.2, 0.25) is 0 Å². The molecule has 0 bridgehead atoms. The monoisotopic (exact) mass is 252 g/mol. The minimum Gasteiger partial charge on any atom is -0.342 e. The largest absolute Gasteiger partial charge is 0.342 e. The number of rotatable bonds is 1. The van der Waals surface area contributed by atoms with E-state index in [2.05, 4.69) is 31.0 Å². The van der Waals surface area contributed by atoms with E-state index < -0.39 is 0 Å². The Bertz CT molecular complexity index is 281. The number of nitrogens with one attached hydrogen (secondary N) is 1. The van der Waals surface area contributed by atoms with Gasteiger partial charge in [-0.3, -0.25) is 4.79 Å². The molecule has 3 nitrogen and oxygen atoms in total. The van der Waals surface area contributed by atoms with E-state index in [1.54, 1.807) is 0 Å². The lowest BCUT2D eigenvalue weighted by atomic mass is 9.75. The average Bonchev–Trinajstić information content (AvgIpc) is 2.38. The smallest absolute Gasteiger partial charge is 0.225 e. The van der Waals surface area contributed by atoms with Crippen LogP contribution in [0.1, 0.15) is 46.5 Å². The first kappa shape index (κ1) is 13.9. The van der Waals surface area contributed by atoms with Crippen LogP contribution in [-0.4, -0.2) is 37.0 Å². The van der Waals surface area contributed by atoms with Crippen molar-refractivity contribution in [1.82, 2.24) is 10.2 Å². The highest BCUT2D eigenvalue weighted by atomic mass is 16.2. The second-order valence-electron chi connectivity index (χ2n) is 6.99. The molecule has 18 heavy (non-hydrogen) atoms. The van der Waals surface area contributed by atoms with Gasteiger partial charge in [0.15, 0.2) is 0 Å². The Hall–Kier alpha value is -0.570. The Kier molecular flexibility index (Phi) is 4.31. The standard InChI is InChI=1S/C15H28N2O/c1-15(2,3)13-6-10-17(11-7-13)14(18)12-4-8-16-9-5-12/h12-13,16H,4-11H2,1-3H3. The van der Waals surface area contributed by atoms with Gasteiger partial charge in [0, 0.05) is 19.0 Å². The molecule has 0 aliphatic carbocycles. The molecule has 0 aromatic heterocycles. The van der Waals surface area contributed by atoms with Crippen molar-refractivity contribution >= 4 is 5.91 Å². The summed E-state index contributed by atoms with van der Waals surface area (Å²) in [6.45, 7) is 10.9. The van der Waals surface area contributed by atoms with Gasteiger partial charge in [0.1, 0.15) is 0 Å². The molecule has 0 saturated carbocycles. The number of hydrogen-bond donors (Lipinski definition) is 1. The predicted octanol–water partition coefficient (Wildman–Crippen LogP) is 2.27. The Morgan fingerprint density at radius 2 is 1.61 bits per heavy atom. The van der Waals surface area contributed by atoms with Crippen molar-refractivity contribution in [1.29, 1.82) is 0 Å². The van der Waals surface area contributed by atoms with E-state index in [0.717, 1.165) is 44.9 Å². The van der Waals surface area contributed by atoms with Gasteiger partial charge in [-0.1, -0.05) is 20.8 Å². The third kappa shape index (κ3) is 3.25. The van der Waals surface area contributed by atoms with Crippen LogP contribution in [0.3, 0.4) is 0 Å². The molecule has 0 unspecified atom stereocenters. The molecule has 0 aromatic rings. The summed E-state index contributed by atoms with van der Waals surface area (Å²) in [5.41, 5.74) is 0.393. The molecule has 2 aliphatic rings. The van der Waals surface area contributed by atoms with Crippen LogP contribution in [0.25, 0.3) is 0 Å². The fraction of sp³-hybridized carbons (Fsp3) is 0.933. The average molecular weight is 252 g/mol. The molecule has 0 aromatic carbocycles. The van der Waals surface area contributed by atoms with Crippen molar-refractivity contribution in [2.45, 2.75) is 46.5 Å². The molecule has 2 heterocycles. The van der Waals surface area contributed by atoms with Crippen molar-refractivity contribution in [3.8, 4) is 0 Å². The second kappa shape index (κ2) is 5.60. The predicted molar refractivity (Wildman–Crippen MR) is 74.4 cm³/mol. The van der Waals surface area contributed by atoms with Gasteiger partial charge in [0.2, 0.25) is 5.91 Å². The number of amides is 1. The Morgan fingerprint density at radius 3 is 2.11 bits per heavy atom. The molecule has 3 heteroatoms. The van der Waals surface area contributed by atoms with Crippen LogP contribution in [0.4, 0.5) is 0 Å². The van der Waals surface area contributed by atoms with Crippen molar-refractivity contribution in [2.24, 2.45) is 17.3 Å². The van der Waals surface area contributed by atoms with Crippen molar-refractivity contribution in [3.63, 3.8) is 0 Å². The van der Waals surface area contributed by atoms with Crippen LogP contribution in [-0.2, 0) is 4.79 Å². The van der Waals surface area contributed by atoms with Gasteiger partial charge in [0.25, 0.3) is 0 Å². The van der Waals surface area contributed by atoms with Crippen LogP contribution >= 0.6 is 0 Å². The summed E-state index contributed by atoms with van der Waals surface area (Å²) >= 11 is 0. The lowest BCUT2D eigenvalue weighted by Gasteiger charge is -2.40. The first-order chi connectivity index (χ1) is 8.48. The lowest BCUT2D eigenvalue weighted by molar-refractivity contribution is -0.138. The molecule has 2 aliphatic heterocycles. The van der Waals surface area contributed by atoms with Gasteiger partial charge >= 0.3 is 0 Å². The molecule has 0 radical (unpaired) electrons. The summed E-state index contributed by atoms with van der Waals surface area (Å²) < 4.78 is 0. The summed E-state index contributed by atoms with van der Waals surface area (Å²) in [4.78, 5) is 14.5. The molecule has 1 amide bonds. The van der Waals surface area contributed by atoms with Gasteiger partial charge in [-0.15, -0.1) is 0 Å². The summed E-state index contributed by atoms with van der Waals surface area (Å²) in [6.07, 6.45) is 4.41. The Labute approximate surface area is 111 Å². The van der Waals surface area contributed by atoms with Crippen LogP contribution < -0.4 is 5.32 Å². The van der Waals surface area contributed by atoms with Gasteiger partial charge in [0.05, 0.1) is 0 Å². The maximum atomic E-state index is 12.4. The SMILES string of the molecule is CC(C)(C)C1CCN(C(=O)C2CCNCC2)CC1.